The molecule has 0 unspecified atom stereocenters. The number of halogens is 1. The Labute approximate surface area is 104 Å². The van der Waals surface area contributed by atoms with E-state index in [1.165, 1.54) is 37.1 Å². The van der Waals surface area contributed by atoms with Crippen LogP contribution in [0.15, 0.2) is 23.1 Å². The fourth-order valence-electron chi connectivity index (χ4n) is 2.17. The van der Waals surface area contributed by atoms with Crippen LogP contribution in [0.3, 0.4) is 0 Å². The molecule has 1 fully saturated rings. The number of carboxylic acid groups (broad SMARTS) is 1. The largest absolute Gasteiger partial charge is 0.478 e. The molecular weight excluding hydrogens is 239 g/mol. The highest BCUT2D eigenvalue weighted by atomic mass is 32.2. The Morgan fingerprint density at radius 2 is 2.00 bits per heavy atom. The SMILES string of the molecule is O=C(O)c1c(F)cccc1SC1CCCCC1. The van der Waals surface area contributed by atoms with Crippen LogP contribution in [0, 0.1) is 5.82 Å². The lowest BCUT2D eigenvalue weighted by molar-refractivity contribution is 0.0688. The van der Waals surface area contributed by atoms with Crippen LogP contribution in [-0.4, -0.2) is 16.3 Å². The second-order valence-electron chi connectivity index (χ2n) is 4.30. The molecule has 1 aliphatic carbocycles. The summed E-state index contributed by atoms with van der Waals surface area (Å²) in [5, 5.41) is 9.46. The molecule has 92 valence electrons. The Balaban J connectivity index is 2.19. The van der Waals surface area contributed by atoms with E-state index < -0.39 is 11.8 Å². The molecule has 17 heavy (non-hydrogen) atoms. The molecular formula is C13H15FO2S. The minimum atomic E-state index is -1.18. The summed E-state index contributed by atoms with van der Waals surface area (Å²) in [4.78, 5) is 11.6. The zero-order valence-electron chi connectivity index (χ0n) is 9.49. The maximum absolute atomic E-state index is 13.5. The first-order chi connectivity index (χ1) is 8.18. The van der Waals surface area contributed by atoms with Crippen molar-refractivity contribution in [1.82, 2.24) is 0 Å². The van der Waals surface area contributed by atoms with Crippen LogP contribution in [0.25, 0.3) is 0 Å². The van der Waals surface area contributed by atoms with Crippen LogP contribution >= 0.6 is 11.8 Å². The Hall–Kier alpha value is -1.03. The summed E-state index contributed by atoms with van der Waals surface area (Å²) < 4.78 is 13.5. The Bertz CT molecular complexity index is 414. The third kappa shape index (κ3) is 3.00. The van der Waals surface area contributed by atoms with Gasteiger partial charge in [-0.25, -0.2) is 9.18 Å². The van der Waals surface area contributed by atoms with E-state index in [0.717, 1.165) is 12.8 Å². The molecule has 0 amide bonds. The topological polar surface area (TPSA) is 37.3 Å². The lowest BCUT2D eigenvalue weighted by atomic mass is 10.0. The van der Waals surface area contributed by atoms with Gasteiger partial charge >= 0.3 is 5.97 Å². The number of aromatic carboxylic acids is 1. The molecule has 1 aromatic carbocycles. The Morgan fingerprint density at radius 3 is 2.65 bits per heavy atom. The van der Waals surface area contributed by atoms with Gasteiger partial charge < -0.3 is 5.11 Å². The lowest BCUT2D eigenvalue weighted by Gasteiger charge is -2.21. The molecule has 1 aromatic rings. The van der Waals surface area contributed by atoms with Crippen molar-refractivity contribution in [3.63, 3.8) is 0 Å². The first kappa shape index (κ1) is 12.4. The number of hydrogen-bond donors (Lipinski definition) is 1. The van der Waals surface area contributed by atoms with Crippen molar-refractivity contribution in [3.05, 3.63) is 29.6 Å². The standard InChI is InChI=1S/C13H15FO2S/c14-10-7-4-8-11(12(10)13(15)16)17-9-5-2-1-3-6-9/h4,7-9H,1-3,5-6H2,(H,15,16). The molecule has 2 nitrogen and oxygen atoms in total. The van der Waals surface area contributed by atoms with Crippen molar-refractivity contribution >= 4 is 17.7 Å². The van der Waals surface area contributed by atoms with Gasteiger partial charge in [0.15, 0.2) is 0 Å². The summed E-state index contributed by atoms with van der Waals surface area (Å²) >= 11 is 1.51. The van der Waals surface area contributed by atoms with E-state index in [4.69, 9.17) is 5.11 Å². The summed E-state index contributed by atoms with van der Waals surface area (Å²) in [6.45, 7) is 0. The van der Waals surface area contributed by atoms with Crippen LogP contribution in [0.5, 0.6) is 0 Å². The molecule has 0 atom stereocenters. The van der Waals surface area contributed by atoms with Crippen molar-refractivity contribution in [1.29, 1.82) is 0 Å². The number of benzene rings is 1. The first-order valence-corrected chi connectivity index (χ1v) is 6.75. The van der Waals surface area contributed by atoms with Gasteiger partial charge in [0.05, 0.1) is 0 Å². The molecule has 2 rings (SSSR count). The number of rotatable bonds is 3. The third-order valence-corrected chi connectivity index (χ3v) is 4.43. The van der Waals surface area contributed by atoms with Gasteiger partial charge in [-0.05, 0) is 25.0 Å². The minimum Gasteiger partial charge on any atom is -0.478 e. The van der Waals surface area contributed by atoms with Crippen LogP contribution in [-0.2, 0) is 0 Å². The fourth-order valence-corrected chi connectivity index (χ4v) is 3.56. The minimum absolute atomic E-state index is 0.178. The predicted molar refractivity (Wildman–Crippen MR) is 66.1 cm³/mol. The molecule has 0 aliphatic heterocycles. The quantitative estimate of drug-likeness (QED) is 0.887. The van der Waals surface area contributed by atoms with E-state index in [-0.39, 0.29) is 5.56 Å². The molecule has 0 bridgehead atoms. The Kier molecular flexibility index (Phi) is 4.05. The average molecular weight is 254 g/mol. The molecule has 0 radical (unpaired) electrons. The number of hydrogen-bond acceptors (Lipinski definition) is 2. The fraction of sp³-hybridized carbons (Fsp3) is 0.462. The van der Waals surface area contributed by atoms with Crippen LogP contribution in [0.1, 0.15) is 42.5 Å². The second-order valence-corrected chi connectivity index (χ2v) is 5.64. The smallest absolute Gasteiger partial charge is 0.339 e. The van der Waals surface area contributed by atoms with E-state index in [1.54, 1.807) is 12.1 Å². The van der Waals surface area contributed by atoms with E-state index in [2.05, 4.69) is 0 Å². The van der Waals surface area contributed by atoms with E-state index >= 15 is 0 Å². The number of carboxylic acids is 1. The molecule has 0 saturated heterocycles. The van der Waals surface area contributed by atoms with E-state index in [1.807, 2.05) is 0 Å². The van der Waals surface area contributed by atoms with Crippen molar-refractivity contribution in [3.8, 4) is 0 Å². The van der Waals surface area contributed by atoms with Gasteiger partial charge in [-0.2, -0.15) is 0 Å². The Morgan fingerprint density at radius 1 is 1.29 bits per heavy atom. The zero-order valence-corrected chi connectivity index (χ0v) is 10.3. The summed E-state index contributed by atoms with van der Waals surface area (Å²) in [6, 6.07) is 4.48. The summed E-state index contributed by atoms with van der Waals surface area (Å²) in [5.41, 5.74) is -0.178. The van der Waals surface area contributed by atoms with Gasteiger partial charge in [-0.3, -0.25) is 0 Å². The van der Waals surface area contributed by atoms with Gasteiger partial charge in [0.25, 0.3) is 0 Å². The molecule has 1 N–H and O–H groups in total. The van der Waals surface area contributed by atoms with E-state index in [0.29, 0.717) is 10.1 Å². The maximum Gasteiger partial charge on any atom is 0.339 e. The molecule has 0 aromatic heterocycles. The molecule has 0 heterocycles. The van der Waals surface area contributed by atoms with Gasteiger partial charge in [0.2, 0.25) is 0 Å². The van der Waals surface area contributed by atoms with Gasteiger partial charge in [-0.1, -0.05) is 25.3 Å². The summed E-state index contributed by atoms with van der Waals surface area (Å²) in [5.74, 6) is -1.82. The molecule has 1 aliphatic rings. The number of thioether (sulfide) groups is 1. The highest BCUT2D eigenvalue weighted by Crippen LogP contribution is 2.35. The molecule has 0 spiro atoms. The van der Waals surface area contributed by atoms with E-state index in [9.17, 15) is 9.18 Å². The molecule has 1 saturated carbocycles. The van der Waals surface area contributed by atoms with Gasteiger partial charge in [0.1, 0.15) is 11.4 Å². The second kappa shape index (κ2) is 5.54. The van der Waals surface area contributed by atoms with Crippen molar-refractivity contribution in [2.24, 2.45) is 0 Å². The summed E-state index contributed by atoms with van der Waals surface area (Å²) in [7, 11) is 0. The van der Waals surface area contributed by atoms with Crippen LogP contribution in [0.4, 0.5) is 4.39 Å². The van der Waals surface area contributed by atoms with Crippen LogP contribution in [0.2, 0.25) is 0 Å². The number of carbonyl (C=O) groups is 1. The van der Waals surface area contributed by atoms with Gasteiger partial charge in [0, 0.05) is 10.1 Å². The predicted octanol–water partition coefficient (Wildman–Crippen LogP) is 3.95. The van der Waals surface area contributed by atoms with Crippen molar-refractivity contribution in [2.45, 2.75) is 42.2 Å². The van der Waals surface area contributed by atoms with Crippen molar-refractivity contribution < 1.29 is 14.3 Å². The summed E-state index contributed by atoms with van der Waals surface area (Å²) in [6.07, 6.45) is 5.83. The highest BCUT2D eigenvalue weighted by molar-refractivity contribution is 8.00. The monoisotopic (exact) mass is 254 g/mol. The zero-order chi connectivity index (χ0) is 12.3. The maximum atomic E-state index is 13.5. The third-order valence-electron chi connectivity index (χ3n) is 3.04. The average Bonchev–Trinajstić information content (AvgIpc) is 2.30. The normalized spacial score (nSPS) is 17.0. The van der Waals surface area contributed by atoms with Crippen molar-refractivity contribution in [2.75, 3.05) is 0 Å². The van der Waals surface area contributed by atoms with Gasteiger partial charge in [-0.15, -0.1) is 11.8 Å². The first-order valence-electron chi connectivity index (χ1n) is 5.87. The highest BCUT2D eigenvalue weighted by Gasteiger charge is 2.20. The lowest BCUT2D eigenvalue weighted by Crippen LogP contribution is -2.10. The van der Waals surface area contributed by atoms with Crippen LogP contribution < -0.4 is 0 Å². The molecule has 4 heteroatoms.